The van der Waals surface area contributed by atoms with Crippen LogP contribution in [0.15, 0.2) is 6.20 Å². The van der Waals surface area contributed by atoms with Gasteiger partial charge in [-0.05, 0) is 13.3 Å². The standard InChI is InChI=1S/C9H15N3O2/c1-7(14-3)4-5-9(13)8-6-10-11-12(8)2/h6-7H,4-5H2,1-3H3. The second kappa shape index (κ2) is 4.85. The molecule has 0 bridgehead atoms. The maximum atomic E-state index is 11.6. The van der Waals surface area contributed by atoms with E-state index in [1.165, 1.54) is 10.9 Å². The van der Waals surface area contributed by atoms with Crippen molar-refractivity contribution in [2.75, 3.05) is 7.11 Å². The fourth-order valence-corrected chi connectivity index (χ4v) is 1.12. The molecule has 1 aromatic rings. The molecular formula is C9H15N3O2. The van der Waals surface area contributed by atoms with Crippen LogP contribution in [0.2, 0.25) is 0 Å². The molecule has 1 unspecified atom stereocenters. The summed E-state index contributed by atoms with van der Waals surface area (Å²) < 4.78 is 6.54. The summed E-state index contributed by atoms with van der Waals surface area (Å²) in [6.07, 6.45) is 2.79. The van der Waals surface area contributed by atoms with Crippen LogP contribution in [-0.2, 0) is 11.8 Å². The highest BCUT2D eigenvalue weighted by Gasteiger charge is 2.12. The van der Waals surface area contributed by atoms with E-state index in [1.807, 2.05) is 6.92 Å². The average Bonchev–Trinajstić information content (AvgIpc) is 2.60. The molecule has 0 N–H and O–H groups in total. The molecule has 0 aliphatic heterocycles. The Bertz CT molecular complexity index is 309. The van der Waals surface area contributed by atoms with Crippen molar-refractivity contribution >= 4 is 5.78 Å². The summed E-state index contributed by atoms with van der Waals surface area (Å²) in [7, 11) is 3.35. The Balaban J connectivity index is 2.47. The molecule has 0 fully saturated rings. The van der Waals surface area contributed by atoms with Crippen LogP contribution in [0.5, 0.6) is 0 Å². The zero-order valence-electron chi connectivity index (χ0n) is 8.73. The normalized spacial score (nSPS) is 12.8. The predicted molar refractivity (Wildman–Crippen MR) is 51.0 cm³/mol. The number of hydrogen-bond acceptors (Lipinski definition) is 4. The Morgan fingerprint density at radius 3 is 2.93 bits per heavy atom. The topological polar surface area (TPSA) is 57.0 Å². The van der Waals surface area contributed by atoms with Gasteiger partial charge in [0.25, 0.3) is 0 Å². The maximum absolute atomic E-state index is 11.6. The summed E-state index contributed by atoms with van der Waals surface area (Å²) in [5, 5.41) is 7.35. The van der Waals surface area contributed by atoms with Crippen LogP contribution < -0.4 is 0 Å². The van der Waals surface area contributed by atoms with Crippen molar-refractivity contribution in [1.82, 2.24) is 15.0 Å². The largest absolute Gasteiger partial charge is 0.382 e. The Morgan fingerprint density at radius 1 is 1.71 bits per heavy atom. The molecule has 0 spiro atoms. The van der Waals surface area contributed by atoms with Gasteiger partial charge in [0.1, 0.15) is 5.69 Å². The average molecular weight is 197 g/mol. The van der Waals surface area contributed by atoms with Gasteiger partial charge in [0.15, 0.2) is 5.78 Å². The van der Waals surface area contributed by atoms with Gasteiger partial charge in [0.2, 0.25) is 0 Å². The van der Waals surface area contributed by atoms with Crippen molar-refractivity contribution in [3.05, 3.63) is 11.9 Å². The highest BCUT2D eigenvalue weighted by atomic mass is 16.5. The number of carbonyl (C=O) groups is 1. The third-order valence-electron chi connectivity index (χ3n) is 2.18. The Hall–Kier alpha value is -1.23. The first-order valence-electron chi connectivity index (χ1n) is 4.55. The second-order valence-electron chi connectivity index (χ2n) is 3.25. The molecule has 1 rings (SSSR count). The van der Waals surface area contributed by atoms with E-state index in [0.29, 0.717) is 12.1 Å². The molecule has 0 aromatic carbocycles. The molecule has 0 radical (unpaired) electrons. The summed E-state index contributed by atoms with van der Waals surface area (Å²) in [6, 6.07) is 0. The fourth-order valence-electron chi connectivity index (χ4n) is 1.12. The summed E-state index contributed by atoms with van der Waals surface area (Å²) >= 11 is 0. The van der Waals surface area contributed by atoms with Crippen LogP contribution in [0.4, 0.5) is 0 Å². The summed E-state index contributed by atoms with van der Waals surface area (Å²) in [5.41, 5.74) is 0.549. The zero-order chi connectivity index (χ0) is 10.6. The van der Waals surface area contributed by atoms with Crippen LogP contribution >= 0.6 is 0 Å². The van der Waals surface area contributed by atoms with E-state index in [2.05, 4.69) is 10.3 Å². The lowest BCUT2D eigenvalue weighted by molar-refractivity contribution is 0.0870. The molecule has 78 valence electrons. The number of carbonyl (C=O) groups excluding carboxylic acids is 1. The maximum Gasteiger partial charge on any atom is 0.182 e. The number of Topliss-reactive ketones (excluding diaryl/α,β-unsaturated/α-hetero) is 1. The third-order valence-corrected chi connectivity index (χ3v) is 2.18. The van der Waals surface area contributed by atoms with Gasteiger partial charge in [-0.2, -0.15) is 0 Å². The van der Waals surface area contributed by atoms with E-state index in [4.69, 9.17) is 4.74 Å². The molecular weight excluding hydrogens is 182 g/mol. The summed E-state index contributed by atoms with van der Waals surface area (Å²) in [5.74, 6) is 0.0569. The monoisotopic (exact) mass is 197 g/mol. The third kappa shape index (κ3) is 2.63. The van der Waals surface area contributed by atoms with Crippen molar-refractivity contribution in [1.29, 1.82) is 0 Å². The molecule has 5 heteroatoms. The highest BCUT2D eigenvalue weighted by Crippen LogP contribution is 2.06. The van der Waals surface area contributed by atoms with Crippen LogP contribution in [0, 0.1) is 0 Å². The van der Waals surface area contributed by atoms with Gasteiger partial charge < -0.3 is 4.74 Å². The molecule has 1 aromatic heterocycles. The van der Waals surface area contributed by atoms with E-state index >= 15 is 0 Å². The van der Waals surface area contributed by atoms with Gasteiger partial charge in [-0.15, -0.1) is 5.10 Å². The molecule has 5 nitrogen and oxygen atoms in total. The minimum atomic E-state index is 0.0569. The van der Waals surface area contributed by atoms with Gasteiger partial charge in [0, 0.05) is 20.6 Å². The van der Waals surface area contributed by atoms with Crippen molar-refractivity contribution < 1.29 is 9.53 Å². The minimum absolute atomic E-state index is 0.0569. The number of aromatic nitrogens is 3. The van der Waals surface area contributed by atoms with E-state index in [-0.39, 0.29) is 11.9 Å². The zero-order valence-corrected chi connectivity index (χ0v) is 8.73. The lowest BCUT2D eigenvalue weighted by Gasteiger charge is -2.07. The highest BCUT2D eigenvalue weighted by molar-refractivity contribution is 5.94. The van der Waals surface area contributed by atoms with Gasteiger partial charge >= 0.3 is 0 Å². The number of nitrogens with zero attached hydrogens (tertiary/aromatic N) is 3. The molecule has 1 heterocycles. The molecule has 0 saturated carbocycles. The van der Waals surface area contributed by atoms with Crippen molar-refractivity contribution in [2.45, 2.75) is 25.9 Å². The molecule has 0 amide bonds. The quantitative estimate of drug-likeness (QED) is 0.655. The van der Waals surface area contributed by atoms with Crippen LogP contribution in [-0.4, -0.2) is 34.0 Å². The lowest BCUT2D eigenvalue weighted by Crippen LogP contribution is -2.11. The first kappa shape index (κ1) is 10.8. The second-order valence-corrected chi connectivity index (χ2v) is 3.25. The summed E-state index contributed by atoms with van der Waals surface area (Å²) in [4.78, 5) is 11.6. The van der Waals surface area contributed by atoms with Crippen molar-refractivity contribution in [2.24, 2.45) is 7.05 Å². The lowest BCUT2D eigenvalue weighted by atomic mass is 10.1. The minimum Gasteiger partial charge on any atom is -0.382 e. The van der Waals surface area contributed by atoms with Gasteiger partial charge in [-0.1, -0.05) is 5.21 Å². The van der Waals surface area contributed by atoms with Crippen LogP contribution in [0.3, 0.4) is 0 Å². The molecule has 0 saturated heterocycles. The van der Waals surface area contributed by atoms with E-state index < -0.39 is 0 Å². The van der Waals surface area contributed by atoms with E-state index in [0.717, 1.165) is 6.42 Å². The van der Waals surface area contributed by atoms with Crippen LogP contribution in [0.25, 0.3) is 0 Å². The number of aryl methyl sites for hydroxylation is 1. The molecule has 1 atom stereocenters. The number of ketones is 1. The van der Waals surface area contributed by atoms with Gasteiger partial charge in [-0.3, -0.25) is 4.79 Å². The molecule has 0 aliphatic rings. The molecule has 14 heavy (non-hydrogen) atoms. The van der Waals surface area contributed by atoms with E-state index in [9.17, 15) is 4.79 Å². The van der Waals surface area contributed by atoms with E-state index in [1.54, 1.807) is 14.2 Å². The predicted octanol–water partition coefficient (Wildman–Crippen LogP) is 0.813. The van der Waals surface area contributed by atoms with Crippen molar-refractivity contribution in [3.63, 3.8) is 0 Å². The smallest absolute Gasteiger partial charge is 0.182 e. The Kier molecular flexibility index (Phi) is 3.76. The fraction of sp³-hybridized carbons (Fsp3) is 0.667. The first-order chi connectivity index (χ1) is 6.65. The molecule has 0 aliphatic carbocycles. The number of methoxy groups -OCH3 is 1. The number of rotatable bonds is 5. The number of ether oxygens (including phenoxy) is 1. The number of hydrogen-bond donors (Lipinski definition) is 0. The SMILES string of the molecule is COC(C)CCC(=O)c1cnnn1C. The van der Waals surface area contributed by atoms with Crippen molar-refractivity contribution in [3.8, 4) is 0 Å². The Morgan fingerprint density at radius 2 is 2.43 bits per heavy atom. The van der Waals surface area contributed by atoms with Gasteiger partial charge in [-0.25, -0.2) is 4.68 Å². The van der Waals surface area contributed by atoms with Gasteiger partial charge in [0.05, 0.1) is 12.3 Å². The Labute approximate surface area is 83.1 Å². The first-order valence-corrected chi connectivity index (χ1v) is 4.55. The summed E-state index contributed by atoms with van der Waals surface area (Å²) in [6.45, 7) is 1.94. The van der Waals surface area contributed by atoms with Crippen LogP contribution in [0.1, 0.15) is 30.3 Å².